The number of nitrogens with one attached hydrogen (secondary N) is 1. The minimum absolute atomic E-state index is 0.00499. The van der Waals surface area contributed by atoms with E-state index in [0.717, 1.165) is 0 Å². The Labute approximate surface area is 219 Å². The molecule has 0 aromatic carbocycles. The first-order valence-corrected chi connectivity index (χ1v) is 14.0. The van der Waals surface area contributed by atoms with E-state index in [1.165, 1.54) is 22.9 Å². The molecule has 0 spiro atoms. The normalized spacial score (nSPS) is 17.9. The van der Waals surface area contributed by atoms with Crippen molar-refractivity contribution < 1.29 is 26.4 Å². The molecule has 3 aromatic heterocycles. The van der Waals surface area contributed by atoms with Crippen LogP contribution in [0.2, 0.25) is 0 Å². The van der Waals surface area contributed by atoms with Gasteiger partial charge in [-0.15, -0.1) is 10.2 Å². The third-order valence-corrected chi connectivity index (χ3v) is 9.15. The lowest BCUT2D eigenvalue weighted by molar-refractivity contribution is -0.138. The van der Waals surface area contributed by atoms with E-state index in [-0.39, 0.29) is 27.6 Å². The van der Waals surface area contributed by atoms with Crippen LogP contribution in [0.3, 0.4) is 0 Å². The Kier molecular flexibility index (Phi) is 6.35. The van der Waals surface area contributed by atoms with Gasteiger partial charge in [-0.05, 0) is 31.7 Å². The van der Waals surface area contributed by atoms with Gasteiger partial charge in [0.15, 0.2) is 10.8 Å². The van der Waals surface area contributed by atoms with E-state index in [0.29, 0.717) is 61.3 Å². The number of alkyl halides is 3. The van der Waals surface area contributed by atoms with Gasteiger partial charge in [0.25, 0.3) is 0 Å². The van der Waals surface area contributed by atoms with Crippen molar-refractivity contribution in [1.29, 1.82) is 5.26 Å². The minimum Gasteiger partial charge on any atom is -0.370 e. The predicted molar refractivity (Wildman–Crippen MR) is 131 cm³/mol. The maximum Gasteiger partial charge on any atom is 0.445 e. The number of amides is 1. The fourth-order valence-electron chi connectivity index (χ4n) is 4.45. The molecule has 2 aliphatic rings. The molecule has 1 aliphatic carbocycles. The van der Waals surface area contributed by atoms with Gasteiger partial charge in [0.05, 0.1) is 23.5 Å². The fourth-order valence-corrected chi connectivity index (χ4v) is 6.55. The Morgan fingerprint density at radius 3 is 2.50 bits per heavy atom. The molecule has 16 heteroatoms. The average Bonchev–Trinajstić information content (AvgIpc) is 3.26. The van der Waals surface area contributed by atoms with Crippen LogP contribution in [0.4, 0.5) is 18.9 Å². The maximum absolute atomic E-state index is 13.3. The van der Waals surface area contributed by atoms with E-state index in [1.807, 2.05) is 11.0 Å². The SMILES string of the molecule is CN(C)C(=O)C1CCN(c2cc(S(=O)(=O)NC3(C#N)CC3)cn3c(-c4nnc(C(F)(F)F)s4)ncc23)CC1. The number of hydrogen-bond acceptors (Lipinski definition) is 9. The van der Waals surface area contributed by atoms with Gasteiger partial charge in [-0.2, -0.15) is 23.2 Å². The van der Waals surface area contributed by atoms with E-state index in [2.05, 4.69) is 19.9 Å². The van der Waals surface area contributed by atoms with Crippen LogP contribution in [0.1, 0.15) is 30.7 Å². The summed E-state index contributed by atoms with van der Waals surface area (Å²) in [6.45, 7) is 0.910. The second-order valence-electron chi connectivity index (χ2n) is 9.60. The zero-order valence-electron chi connectivity index (χ0n) is 20.4. The quantitative estimate of drug-likeness (QED) is 0.479. The zero-order chi connectivity index (χ0) is 27.5. The van der Waals surface area contributed by atoms with Crippen molar-refractivity contribution in [1.82, 2.24) is 29.2 Å². The van der Waals surface area contributed by atoms with E-state index >= 15 is 0 Å². The highest BCUT2D eigenvalue weighted by Gasteiger charge is 2.47. The number of piperidine rings is 1. The number of pyridine rings is 1. The van der Waals surface area contributed by atoms with Crippen LogP contribution in [0.15, 0.2) is 23.4 Å². The number of halogens is 3. The van der Waals surface area contributed by atoms with Crippen LogP contribution < -0.4 is 9.62 Å². The summed E-state index contributed by atoms with van der Waals surface area (Å²) < 4.78 is 69.9. The van der Waals surface area contributed by atoms with Gasteiger partial charge in [0.2, 0.25) is 20.9 Å². The van der Waals surface area contributed by atoms with E-state index in [9.17, 15) is 31.6 Å². The van der Waals surface area contributed by atoms with Crippen LogP contribution >= 0.6 is 11.3 Å². The van der Waals surface area contributed by atoms with Crippen molar-refractivity contribution >= 4 is 38.5 Å². The van der Waals surface area contributed by atoms with Crippen LogP contribution in [-0.4, -0.2) is 71.5 Å². The smallest absolute Gasteiger partial charge is 0.370 e. The molecule has 1 saturated carbocycles. The number of carbonyl (C=O) groups excluding carboxylic acids is 1. The molecule has 5 rings (SSSR count). The first kappa shape index (κ1) is 26.3. The number of anilines is 1. The molecule has 1 N–H and O–H groups in total. The molecule has 4 heterocycles. The van der Waals surface area contributed by atoms with Crippen molar-refractivity contribution in [2.45, 2.75) is 42.3 Å². The molecule has 0 atom stereocenters. The molecule has 2 fully saturated rings. The first-order chi connectivity index (χ1) is 17.8. The molecule has 1 aliphatic heterocycles. The molecular formula is C22H23F3N8O3S2. The molecule has 0 radical (unpaired) electrons. The van der Waals surface area contributed by atoms with Crippen molar-refractivity contribution in [3.8, 4) is 16.9 Å². The van der Waals surface area contributed by atoms with Gasteiger partial charge in [-0.3, -0.25) is 9.20 Å². The number of rotatable bonds is 6. The summed E-state index contributed by atoms with van der Waals surface area (Å²) in [5.41, 5.74) is -0.219. The minimum atomic E-state index is -4.68. The Morgan fingerprint density at radius 2 is 1.95 bits per heavy atom. The number of aromatic nitrogens is 4. The van der Waals surface area contributed by atoms with Crippen LogP contribution in [-0.2, 0) is 21.0 Å². The fraction of sp³-hybridized carbons (Fsp3) is 0.500. The van der Waals surface area contributed by atoms with E-state index in [4.69, 9.17) is 0 Å². The number of fused-ring (bicyclic) bond motifs is 1. The van der Waals surface area contributed by atoms with Gasteiger partial charge >= 0.3 is 6.18 Å². The predicted octanol–water partition coefficient (Wildman–Crippen LogP) is 2.51. The molecule has 1 saturated heterocycles. The molecule has 202 valence electrons. The lowest BCUT2D eigenvalue weighted by Gasteiger charge is -2.34. The molecule has 3 aromatic rings. The molecule has 11 nitrogen and oxygen atoms in total. The number of imidazole rings is 1. The Bertz CT molecular complexity index is 1550. The lowest BCUT2D eigenvalue weighted by Crippen LogP contribution is -2.40. The van der Waals surface area contributed by atoms with Gasteiger partial charge in [-0.1, -0.05) is 11.3 Å². The monoisotopic (exact) mass is 568 g/mol. The van der Waals surface area contributed by atoms with Crippen molar-refractivity contribution in [2.75, 3.05) is 32.1 Å². The highest BCUT2D eigenvalue weighted by Crippen LogP contribution is 2.39. The second-order valence-corrected chi connectivity index (χ2v) is 12.3. The Morgan fingerprint density at radius 1 is 1.26 bits per heavy atom. The Balaban J connectivity index is 1.58. The summed E-state index contributed by atoms with van der Waals surface area (Å²) in [5, 5.41) is 15.0. The molecular weight excluding hydrogens is 545 g/mol. The third-order valence-electron chi connectivity index (χ3n) is 6.68. The van der Waals surface area contributed by atoms with Crippen molar-refractivity contribution in [3.63, 3.8) is 0 Å². The second kappa shape index (κ2) is 9.17. The topological polar surface area (TPSA) is 137 Å². The maximum atomic E-state index is 13.3. The summed E-state index contributed by atoms with van der Waals surface area (Å²) in [5.74, 6) is -0.144. The number of nitriles is 1. The summed E-state index contributed by atoms with van der Waals surface area (Å²) in [7, 11) is -0.785. The van der Waals surface area contributed by atoms with Crippen LogP contribution in [0, 0.1) is 17.2 Å². The summed E-state index contributed by atoms with van der Waals surface area (Å²) in [6, 6.07) is 3.45. The summed E-state index contributed by atoms with van der Waals surface area (Å²) in [6.07, 6.45) is -0.133. The largest absolute Gasteiger partial charge is 0.445 e. The number of nitrogens with zero attached hydrogens (tertiary/aromatic N) is 7. The standard InChI is InChI=1S/C22H23F3N8O3S2/c1-31(2)19(34)13-3-7-32(8-4-13)15-9-14(38(35,36)30-21(12-26)5-6-21)11-33-16(15)10-27-17(33)18-28-29-20(37-18)22(23,24)25/h9-11,13,30H,3-8H2,1-2H3. The average molecular weight is 569 g/mol. The number of carbonyl (C=O) groups is 1. The molecule has 0 unspecified atom stereocenters. The van der Waals surface area contributed by atoms with Gasteiger partial charge in [0, 0.05) is 39.3 Å². The lowest BCUT2D eigenvalue weighted by atomic mass is 9.95. The Hall–Kier alpha value is -3.29. The summed E-state index contributed by atoms with van der Waals surface area (Å²) in [4.78, 5) is 20.0. The van der Waals surface area contributed by atoms with Crippen molar-refractivity contribution in [2.24, 2.45) is 5.92 Å². The van der Waals surface area contributed by atoms with Gasteiger partial charge < -0.3 is 9.80 Å². The molecule has 0 bridgehead atoms. The number of hydrogen-bond donors (Lipinski definition) is 1. The zero-order valence-corrected chi connectivity index (χ0v) is 22.0. The third kappa shape index (κ3) is 4.81. The molecule has 38 heavy (non-hydrogen) atoms. The van der Waals surface area contributed by atoms with Crippen molar-refractivity contribution in [3.05, 3.63) is 23.5 Å². The van der Waals surface area contributed by atoms with E-state index in [1.54, 1.807) is 19.0 Å². The molecule has 1 amide bonds. The summed E-state index contributed by atoms with van der Waals surface area (Å²) >= 11 is 0.303. The van der Waals surface area contributed by atoms with Gasteiger partial charge in [0.1, 0.15) is 10.4 Å². The number of sulfonamides is 1. The first-order valence-electron chi connectivity index (χ1n) is 11.7. The van der Waals surface area contributed by atoms with E-state index < -0.39 is 26.7 Å². The van der Waals surface area contributed by atoms with Crippen LogP contribution in [0.5, 0.6) is 0 Å². The van der Waals surface area contributed by atoms with Gasteiger partial charge in [-0.25, -0.2) is 13.4 Å². The van der Waals surface area contributed by atoms with Crippen LogP contribution in [0.25, 0.3) is 16.3 Å². The highest BCUT2D eigenvalue weighted by atomic mass is 32.2. The highest BCUT2D eigenvalue weighted by molar-refractivity contribution is 7.89.